The van der Waals surface area contributed by atoms with Crippen LogP contribution in [0.1, 0.15) is 40.9 Å². The van der Waals surface area contributed by atoms with Gasteiger partial charge in [0.05, 0.1) is 6.04 Å². The third-order valence-electron chi connectivity index (χ3n) is 3.89. The summed E-state index contributed by atoms with van der Waals surface area (Å²) in [7, 11) is 0. The van der Waals surface area contributed by atoms with Crippen molar-refractivity contribution in [2.75, 3.05) is 5.32 Å². The summed E-state index contributed by atoms with van der Waals surface area (Å²) in [5.74, 6) is 1.07. The Morgan fingerprint density at radius 3 is 2.79 bits per heavy atom. The highest BCUT2D eigenvalue weighted by molar-refractivity contribution is 5.99. The van der Waals surface area contributed by atoms with E-state index < -0.39 is 0 Å². The maximum absolute atomic E-state index is 12.4. The van der Waals surface area contributed by atoms with Gasteiger partial charge in [-0.15, -0.1) is 0 Å². The second-order valence-electron chi connectivity index (χ2n) is 5.68. The zero-order valence-corrected chi connectivity index (χ0v) is 13.5. The number of carbonyl (C=O) groups excluding carboxylic acids is 2. The van der Waals surface area contributed by atoms with Crippen molar-refractivity contribution in [1.29, 1.82) is 0 Å². The van der Waals surface area contributed by atoms with Gasteiger partial charge >= 0.3 is 0 Å². The van der Waals surface area contributed by atoms with Gasteiger partial charge in [0, 0.05) is 17.8 Å². The van der Waals surface area contributed by atoms with Crippen molar-refractivity contribution in [3.05, 3.63) is 54.1 Å². The first-order valence-electron chi connectivity index (χ1n) is 7.82. The fourth-order valence-corrected chi connectivity index (χ4v) is 2.74. The molecule has 2 aromatic rings. The summed E-state index contributed by atoms with van der Waals surface area (Å²) in [6.07, 6.45) is 2.99. The van der Waals surface area contributed by atoms with E-state index in [1.165, 1.54) is 6.08 Å². The zero-order chi connectivity index (χ0) is 17.1. The largest absolute Gasteiger partial charge is 0.342 e. The Morgan fingerprint density at radius 2 is 2.08 bits per heavy atom. The average molecular weight is 325 g/mol. The number of nitrogens with zero attached hydrogens (tertiary/aromatic N) is 3. The van der Waals surface area contributed by atoms with E-state index in [2.05, 4.69) is 27.3 Å². The van der Waals surface area contributed by atoms with E-state index in [1.54, 1.807) is 24.3 Å². The number of fused-ring (bicyclic) bond motifs is 1. The van der Waals surface area contributed by atoms with Crippen molar-refractivity contribution >= 4 is 17.5 Å². The second kappa shape index (κ2) is 6.66. The summed E-state index contributed by atoms with van der Waals surface area (Å²) in [5, 5.41) is 9.99. The van der Waals surface area contributed by atoms with Gasteiger partial charge in [-0.1, -0.05) is 6.58 Å². The predicted octanol–water partition coefficient (Wildman–Crippen LogP) is 1.98. The first-order chi connectivity index (χ1) is 11.6. The maximum atomic E-state index is 12.4. The zero-order valence-electron chi connectivity index (χ0n) is 13.5. The van der Waals surface area contributed by atoms with E-state index in [-0.39, 0.29) is 17.9 Å². The number of amides is 2. The predicted molar refractivity (Wildman–Crippen MR) is 89.5 cm³/mol. The smallest absolute Gasteiger partial charge is 0.251 e. The highest BCUT2D eigenvalue weighted by Gasteiger charge is 2.25. The molecule has 7 heteroatoms. The van der Waals surface area contributed by atoms with Crippen LogP contribution in [0.2, 0.25) is 0 Å². The fourth-order valence-electron chi connectivity index (χ4n) is 2.74. The Labute approximate surface area is 139 Å². The molecule has 1 aromatic carbocycles. The molecule has 1 aliphatic heterocycles. The van der Waals surface area contributed by atoms with Crippen LogP contribution in [0.3, 0.4) is 0 Å². The first-order valence-corrected chi connectivity index (χ1v) is 7.82. The molecule has 0 radical (unpaired) electrons. The number of anilines is 1. The van der Waals surface area contributed by atoms with Gasteiger partial charge in [-0.2, -0.15) is 5.10 Å². The molecule has 0 aliphatic carbocycles. The van der Waals surface area contributed by atoms with Gasteiger partial charge in [0.1, 0.15) is 11.6 Å². The molecule has 2 heterocycles. The minimum absolute atomic E-state index is 0.132. The fraction of sp³-hybridized carbons (Fsp3) is 0.294. The first kappa shape index (κ1) is 15.9. The number of aromatic nitrogens is 3. The van der Waals surface area contributed by atoms with E-state index in [9.17, 15) is 9.59 Å². The summed E-state index contributed by atoms with van der Waals surface area (Å²) >= 11 is 0. The Hall–Kier alpha value is -2.96. The van der Waals surface area contributed by atoms with Crippen LogP contribution < -0.4 is 10.6 Å². The molecule has 7 nitrogen and oxygen atoms in total. The van der Waals surface area contributed by atoms with Crippen LogP contribution in [-0.4, -0.2) is 26.6 Å². The van der Waals surface area contributed by atoms with Crippen LogP contribution in [0.4, 0.5) is 5.69 Å². The molecular weight excluding hydrogens is 306 g/mol. The summed E-state index contributed by atoms with van der Waals surface area (Å²) < 4.78 is 1.86. The summed E-state index contributed by atoms with van der Waals surface area (Å²) in [6.45, 7) is 6.08. The molecule has 2 amide bonds. The van der Waals surface area contributed by atoms with Crippen LogP contribution in [0.25, 0.3) is 0 Å². The number of benzene rings is 1. The molecule has 1 aromatic heterocycles. The van der Waals surface area contributed by atoms with Crippen molar-refractivity contribution in [3.63, 3.8) is 0 Å². The summed E-state index contributed by atoms with van der Waals surface area (Å²) in [6, 6.07) is 6.58. The molecule has 0 fully saturated rings. The van der Waals surface area contributed by atoms with E-state index in [0.717, 1.165) is 25.2 Å². The normalized spacial score (nSPS) is 16.1. The minimum Gasteiger partial charge on any atom is -0.342 e. The monoisotopic (exact) mass is 325 g/mol. The average Bonchev–Trinajstić information content (AvgIpc) is 2.96. The standard InChI is InChI=1S/C17H19N5O2/c1-3-15(23)19-13-8-6-12(7-9-13)17(24)20-14-5-4-10-22-16(14)18-11(2)21-22/h3,6-9,14H,1,4-5,10H2,2H3,(H,19,23)(H,20,24). The molecule has 2 N–H and O–H groups in total. The number of carbonyl (C=O) groups is 2. The molecule has 1 atom stereocenters. The van der Waals surface area contributed by atoms with Crippen molar-refractivity contribution in [2.24, 2.45) is 0 Å². The van der Waals surface area contributed by atoms with Crippen molar-refractivity contribution in [1.82, 2.24) is 20.1 Å². The second-order valence-corrected chi connectivity index (χ2v) is 5.68. The molecule has 1 aliphatic rings. The van der Waals surface area contributed by atoms with Gasteiger partial charge in [0.2, 0.25) is 5.91 Å². The summed E-state index contributed by atoms with van der Waals surface area (Å²) in [4.78, 5) is 28.1. The highest BCUT2D eigenvalue weighted by atomic mass is 16.2. The molecular formula is C17H19N5O2. The van der Waals surface area contributed by atoms with Gasteiger partial charge in [-0.25, -0.2) is 9.67 Å². The topological polar surface area (TPSA) is 88.9 Å². The van der Waals surface area contributed by atoms with Crippen LogP contribution in [0, 0.1) is 6.92 Å². The van der Waals surface area contributed by atoms with E-state index in [4.69, 9.17) is 0 Å². The van der Waals surface area contributed by atoms with Gasteiger partial charge in [-0.3, -0.25) is 9.59 Å². The van der Waals surface area contributed by atoms with Crippen molar-refractivity contribution in [3.8, 4) is 0 Å². The van der Waals surface area contributed by atoms with Crippen molar-refractivity contribution < 1.29 is 9.59 Å². The number of hydrogen-bond acceptors (Lipinski definition) is 4. The summed E-state index contributed by atoms with van der Waals surface area (Å²) in [5.41, 5.74) is 1.14. The molecule has 0 spiro atoms. The Bertz CT molecular complexity index is 779. The number of rotatable bonds is 4. The molecule has 0 saturated carbocycles. The SMILES string of the molecule is C=CC(=O)Nc1ccc(C(=O)NC2CCCn3nc(C)nc32)cc1. The molecule has 3 rings (SSSR count). The number of hydrogen-bond donors (Lipinski definition) is 2. The van der Waals surface area contributed by atoms with Gasteiger partial charge < -0.3 is 10.6 Å². The van der Waals surface area contributed by atoms with E-state index in [0.29, 0.717) is 17.1 Å². The number of nitrogens with one attached hydrogen (secondary N) is 2. The number of aryl methyl sites for hydroxylation is 2. The molecule has 124 valence electrons. The highest BCUT2D eigenvalue weighted by Crippen LogP contribution is 2.23. The van der Waals surface area contributed by atoms with Crippen LogP contribution in [0.15, 0.2) is 36.9 Å². The Kier molecular flexibility index (Phi) is 4.41. The van der Waals surface area contributed by atoms with Crippen molar-refractivity contribution in [2.45, 2.75) is 32.4 Å². The third kappa shape index (κ3) is 3.34. The van der Waals surface area contributed by atoms with E-state index >= 15 is 0 Å². The quantitative estimate of drug-likeness (QED) is 0.841. The van der Waals surface area contributed by atoms with Gasteiger partial charge in [0.15, 0.2) is 0 Å². The lowest BCUT2D eigenvalue weighted by Crippen LogP contribution is -2.33. The molecule has 24 heavy (non-hydrogen) atoms. The van der Waals surface area contributed by atoms with Crippen LogP contribution in [0.5, 0.6) is 0 Å². The molecule has 1 unspecified atom stereocenters. The third-order valence-corrected chi connectivity index (χ3v) is 3.89. The Balaban J connectivity index is 1.69. The van der Waals surface area contributed by atoms with Gasteiger partial charge in [0.25, 0.3) is 5.91 Å². The lowest BCUT2D eigenvalue weighted by Gasteiger charge is -2.23. The lowest BCUT2D eigenvalue weighted by atomic mass is 10.1. The lowest BCUT2D eigenvalue weighted by molar-refractivity contribution is -0.111. The molecule has 0 saturated heterocycles. The van der Waals surface area contributed by atoms with Crippen LogP contribution >= 0.6 is 0 Å². The maximum Gasteiger partial charge on any atom is 0.251 e. The minimum atomic E-state index is -0.288. The molecule has 0 bridgehead atoms. The van der Waals surface area contributed by atoms with E-state index in [1.807, 2.05) is 11.6 Å². The van der Waals surface area contributed by atoms with Crippen LogP contribution in [-0.2, 0) is 11.3 Å². The van der Waals surface area contributed by atoms with Gasteiger partial charge in [-0.05, 0) is 50.1 Å². The Morgan fingerprint density at radius 1 is 1.33 bits per heavy atom.